The molecule has 1 heterocycles. The average molecular weight is 435 g/mol. The molecule has 0 radical (unpaired) electrons. The quantitative estimate of drug-likeness (QED) is 0.558. The number of aromatic nitrogens is 1. The summed E-state index contributed by atoms with van der Waals surface area (Å²) in [7, 11) is 1.27. The van der Waals surface area contributed by atoms with Crippen LogP contribution in [0.4, 0.5) is 10.5 Å². The Balaban J connectivity index is 2.06. The van der Waals surface area contributed by atoms with Gasteiger partial charge in [0, 0.05) is 35.2 Å². The maximum absolute atomic E-state index is 12.8. The molecule has 0 aliphatic heterocycles. The number of carboxylic acids is 1. The number of carboxylic acid groups (broad SMARTS) is 1. The molecular formula is C21H23ClN2O6. The van der Waals surface area contributed by atoms with Crippen LogP contribution in [0.2, 0.25) is 5.02 Å². The summed E-state index contributed by atoms with van der Waals surface area (Å²) in [4.78, 5) is 24.0. The van der Waals surface area contributed by atoms with Crippen LogP contribution < -0.4 is 10.0 Å². The van der Waals surface area contributed by atoms with Gasteiger partial charge in [0.2, 0.25) is 5.69 Å². The Morgan fingerprint density at radius 1 is 1.30 bits per heavy atom. The normalized spacial score (nSPS) is 18.0. The number of anilines is 1. The molecule has 8 nitrogen and oxygen atoms in total. The fraction of sp³-hybridized carbons (Fsp3) is 0.381. The second-order valence-electron chi connectivity index (χ2n) is 8.08. The summed E-state index contributed by atoms with van der Waals surface area (Å²) >= 11 is 6.15. The molecule has 2 N–H and O–H groups in total. The summed E-state index contributed by atoms with van der Waals surface area (Å²) in [6.07, 6.45) is 1.12. The number of pyridine rings is 1. The number of amides is 1. The van der Waals surface area contributed by atoms with Crippen molar-refractivity contribution in [2.75, 3.05) is 12.4 Å². The van der Waals surface area contributed by atoms with E-state index in [2.05, 4.69) is 5.32 Å². The maximum atomic E-state index is 12.8. The van der Waals surface area contributed by atoms with E-state index in [0.717, 1.165) is 0 Å². The molecule has 9 heteroatoms. The Morgan fingerprint density at radius 3 is 2.60 bits per heavy atom. The first kappa shape index (κ1) is 21.9. The van der Waals surface area contributed by atoms with Crippen LogP contribution in [0, 0.1) is 5.21 Å². The van der Waals surface area contributed by atoms with Gasteiger partial charge in [0.1, 0.15) is 5.60 Å². The topological polar surface area (TPSA) is 112 Å². The zero-order valence-electron chi connectivity index (χ0n) is 17.1. The molecule has 1 aromatic heterocycles. The number of methoxy groups -OCH3 is 1. The van der Waals surface area contributed by atoms with Crippen LogP contribution >= 0.6 is 11.6 Å². The molecule has 30 heavy (non-hydrogen) atoms. The number of hydrogen-bond acceptors (Lipinski definition) is 5. The highest BCUT2D eigenvalue weighted by Crippen LogP contribution is 2.40. The van der Waals surface area contributed by atoms with Crippen molar-refractivity contribution >= 4 is 29.4 Å². The van der Waals surface area contributed by atoms with Crippen LogP contribution in [0.3, 0.4) is 0 Å². The summed E-state index contributed by atoms with van der Waals surface area (Å²) in [5, 5.41) is 25.5. The minimum atomic E-state index is -1.68. The van der Waals surface area contributed by atoms with Crippen LogP contribution in [0.1, 0.15) is 38.4 Å². The molecule has 0 saturated heterocycles. The molecule has 2 aromatic rings. The van der Waals surface area contributed by atoms with Crippen molar-refractivity contribution < 1.29 is 28.9 Å². The number of hydrogen-bond donors (Lipinski definition) is 2. The molecule has 1 unspecified atom stereocenters. The first-order chi connectivity index (χ1) is 14.0. The van der Waals surface area contributed by atoms with E-state index in [-0.39, 0.29) is 12.1 Å². The number of carbonyl (C=O) groups excluding carboxylic acids is 1. The fourth-order valence-corrected chi connectivity index (χ4v) is 3.77. The molecular weight excluding hydrogens is 412 g/mol. The van der Waals surface area contributed by atoms with Gasteiger partial charge in [-0.3, -0.25) is 5.32 Å². The Hall–Kier alpha value is -2.84. The Bertz CT molecular complexity index is 1020. The van der Waals surface area contributed by atoms with E-state index in [4.69, 9.17) is 21.1 Å². The van der Waals surface area contributed by atoms with Gasteiger partial charge in [-0.05, 0) is 51.5 Å². The third kappa shape index (κ3) is 4.06. The predicted molar refractivity (Wildman–Crippen MR) is 110 cm³/mol. The minimum absolute atomic E-state index is 0.0601. The van der Waals surface area contributed by atoms with Crippen LogP contribution in [0.15, 0.2) is 30.5 Å². The summed E-state index contributed by atoms with van der Waals surface area (Å²) in [6.45, 7) is 5.25. The zero-order valence-corrected chi connectivity index (χ0v) is 17.9. The highest BCUT2D eigenvalue weighted by atomic mass is 35.5. The number of halogens is 1. The van der Waals surface area contributed by atoms with Gasteiger partial charge in [0.05, 0.1) is 5.69 Å². The standard InChI is InChI=1S/C21H23ClN2O6/c1-20(2,3)30-19(27)23-16-6-5-14(22)10-15(16)13-9-12-7-8-21(29-4,18(25)26)17(12)24(28)11-13/h5-6,9-11H,7-8H2,1-4H3,(H,23,27)(H,25,26). The number of aliphatic carboxylic acids is 1. The number of nitrogens with one attached hydrogen (secondary N) is 1. The van der Waals surface area contributed by atoms with Crippen molar-refractivity contribution in [3.63, 3.8) is 0 Å². The van der Waals surface area contributed by atoms with E-state index >= 15 is 0 Å². The molecule has 1 amide bonds. The highest BCUT2D eigenvalue weighted by Gasteiger charge is 2.53. The lowest BCUT2D eigenvalue weighted by Crippen LogP contribution is -2.46. The monoisotopic (exact) mass is 434 g/mol. The van der Waals surface area contributed by atoms with Gasteiger partial charge in [-0.2, -0.15) is 4.73 Å². The average Bonchev–Trinajstić information content (AvgIpc) is 3.02. The van der Waals surface area contributed by atoms with Gasteiger partial charge in [0.25, 0.3) is 5.60 Å². The summed E-state index contributed by atoms with van der Waals surface area (Å²) in [5.74, 6) is -1.21. The zero-order chi connectivity index (χ0) is 22.3. The number of ether oxygens (including phenoxy) is 2. The SMILES string of the molecule is COC1(C(=O)O)CCc2cc(-c3cc(Cl)ccc3NC(=O)OC(C)(C)C)c[n+]([O-])c21. The number of rotatable bonds is 4. The number of fused-ring (bicyclic) bond motifs is 1. The lowest BCUT2D eigenvalue weighted by Gasteiger charge is -2.22. The molecule has 0 fully saturated rings. The second kappa shape index (κ2) is 7.77. The second-order valence-corrected chi connectivity index (χ2v) is 8.52. The maximum Gasteiger partial charge on any atom is 0.412 e. The van der Waals surface area contributed by atoms with Gasteiger partial charge >= 0.3 is 12.1 Å². The Labute approximate surface area is 179 Å². The number of carbonyl (C=O) groups is 2. The summed E-state index contributed by atoms with van der Waals surface area (Å²) in [5.41, 5.74) is -0.340. The molecule has 0 bridgehead atoms. The van der Waals surface area contributed by atoms with Crippen LogP contribution in [-0.2, 0) is 26.3 Å². The van der Waals surface area contributed by atoms with Crippen molar-refractivity contribution in [2.24, 2.45) is 0 Å². The third-order valence-corrected chi connectivity index (χ3v) is 5.10. The van der Waals surface area contributed by atoms with Crippen LogP contribution in [0.25, 0.3) is 11.1 Å². The van der Waals surface area contributed by atoms with E-state index in [0.29, 0.717) is 38.6 Å². The molecule has 1 aromatic carbocycles. The molecule has 3 rings (SSSR count). The Kier molecular flexibility index (Phi) is 5.66. The molecule has 0 spiro atoms. The fourth-order valence-electron chi connectivity index (χ4n) is 3.60. The van der Waals surface area contributed by atoms with E-state index in [1.54, 1.807) is 45.0 Å². The highest BCUT2D eigenvalue weighted by molar-refractivity contribution is 6.31. The van der Waals surface area contributed by atoms with E-state index < -0.39 is 23.3 Å². The van der Waals surface area contributed by atoms with E-state index in [1.807, 2.05) is 0 Å². The summed E-state index contributed by atoms with van der Waals surface area (Å²) < 4.78 is 11.1. The first-order valence-corrected chi connectivity index (χ1v) is 9.69. The molecule has 1 aliphatic rings. The van der Waals surface area contributed by atoms with Gasteiger partial charge in [-0.1, -0.05) is 11.6 Å². The van der Waals surface area contributed by atoms with Crippen LogP contribution in [-0.4, -0.2) is 29.9 Å². The van der Waals surface area contributed by atoms with Gasteiger partial charge < -0.3 is 19.8 Å². The van der Waals surface area contributed by atoms with Crippen molar-refractivity contribution in [1.82, 2.24) is 0 Å². The van der Waals surface area contributed by atoms with Crippen molar-refractivity contribution in [2.45, 2.75) is 44.8 Å². The van der Waals surface area contributed by atoms with Crippen molar-refractivity contribution in [1.29, 1.82) is 0 Å². The summed E-state index contributed by atoms with van der Waals surface area (Å²) in [6, 6.07) is 6.56. The molecule has 1 atom stereocenters. The minimum Gasteiger partial charge on any atom is -0.618 e. The first-order valence-electron chi connectivity index (χ1n) is 9.32. The van der Waals surface area contributed by atoms with E-state index in [9.17, 15) is 19.9 Å². The van der Waals surface area contributed by atoms with Gasteiger partial charge in [0.15, 0.2) is 6.20 Å². The molecule has 0 saturated carbocycles. The molecule has 160 valence electrons. The largest absolute Gasteiger partial charge is 0.618 e. The number of nitrogens with zero attached hydrogens (tertiary/aromatic N) is 1. The van der Waals surface area contributed by atoms with Crippen molar-refractivity contribution in [3.05, 3.63) is 51.9 Å². The smallest absolute Gasteiger partial charge is 0.412 e. The van der Waals surface area contributed by atoms with E-state index in [1.165, 1.54) is 13.3 Å². The van der Waals surface area contributed by atoms with Crippen LogP contribution in [0.5, 0.6) is 0 Å². The number of aryl methyl sites for hydroxylation is 1. The molecule has 1 aliphatic carbocycles. The predicted octanol–water partition coefficient (Wildman–Crippen LogP) is 3.86. The Morgan fingerprint density at radius 2 is 2.00 bits per heavy atom. The third-order valence-electron chi connectivity index (χ3n) is 4.86. The number of benzene rings is 1. The van der Waals surface area contributed by atoms with Gasteiger partial charge in [-0.15, -0.1) is 0 Å². The lowest BCUT2D eigenvalue weighted by atomic mass is 9.99. The van der Waals surface area contributed by atoms with Crippen molar-refractivity contribution in [3.8, 4) is 11.1 Å². The van der Waals surface area contributed by atoms with Gasteiger partial charge in [-0.25, -0.2) is 9.59 Å². The lowest BCUT2D eigenvalue weighted by molar-refractivity contribution is -0.620.